The van der Waals surface area contributed by atoms with E-state index in [1.165, 1.54) is 0 Å². The van der Waals surface area contributed by atoms with Gasteiger partial charge in [0, 0.05) is 38.6 Å². The van der Waals surface area contributed by atoms with Crippen LogP contribution in [0, 0.1) is 0 Å². The van der Waals surface area contributed by atoms with Gasteiger partial charge in [0.15, 0.2) is 11.5 Å². The monoisotopic (exact) mass is 272 g/mol. The maximum atomic E-state index is 6.05. The van der Waals surface area contributed by atoms with Crippen LogP contribution in [0.2, 0.25) is 0 Å². The first-order valence-corrected chi connectivity index (χ1v) is 6.78. The maximum Gasteiger partial charge on any atom is 0.161 e. The Morgan fingerprint density at radius 3 is 2.80 bits per heavy atom. The molecular formula is C14H20N6. The summed E-state index contributed by atoms with van der Waals surface area (Å²) < 4.78 is 0. The van der Waals surface area contributed by atoms with Crippen molar-refractivity contribution in [2.75, 3.05) is 42.7 Å². The van der Waals surface area contributed by atoms with E-state index in [4.69, 9.17) is 11.5 Å². The highest BCUT2D eigenvalue weighted by Gasteiger charge is 2.20. The zero-order valence-corrected chi connectivity index (χ0v) is 11.9. The molecule has 1 saturated heterocycles. The molecule has 2 aromatic heterocycles. The van der Waals surface area contributed by atoms with E-state index >= 15 is 0 Å². The summed E-state index contributed by atoms with van der Waals surface area (Å²) in [6.45, 7) is 1.86. The Balaban J connectivity index is 2.01. The molecule has 1 fully saturated rings. The largest absolute Gasteiger partial charge is 0.396 e. The molecule has 20 heavy (non-hydrogen) atoms. The molecule has 4 N–H and O–H groups in total. The van der Waals surface area contributed by atoms with Crippen molar-refractivity contribution in [3.63, 3.8) is 0 Å². The van der Waals surface area contributed by atoms with Crippen LogP contribution >= 0.6 is 0 Å². The highest BCUT2D eigenvalue weighted by atomic mass is 15.2. The number of fused-ring (bicyclic) bond motifs is 1. The Bertz CT molecular complexity index is 639. The van der Waals surface area contributed by atoms with Gasteiger partial charge in [-0.2, -0.15) is 0 Å². The summed E-state index contributed by atoms with van der Waals surface area (Å²) in [5, 5.41) is 0.964. The summed E-state index contributed by atoms with van der Waals surface area (Å²) in [7, 11) is 3.84. The molecule has 0 radical (unpaired) electrons. The van der Waals surface area contributed by atoms with Gasteiger partial charge in [0.05, 0.1) is 17.6 Å². The van der Waals surface area contributed by atoms with Crippen LogP contribution in [0.1, 0.15) is 6.42 Å². The van der Waals surface area contributed by atoms with Crippen LogP contribution in [-0.2, 0) is 0 Å². The van der Waals surface area contributed by atoms with E-state index in [2.05, 4.69) is 20.9 Å². The topological polar surface area (TPSA) is 84.3 Å². The molecule has 0 saturated carbocycles. The van der Waals surface area contributed by atoms with Crippen molar-refractivity contribution in [1.82, 2.24) is 9.97 Å². The van der Waals surface area contributed by atoms with Crippen molar-refractivity contribution in [2.45, 2.75) is 12.5 Å². The third-order valence-electron chi connectivity index (χ3n) is 3.68. The minimum Gasteiger partial charge on any atom is -0.396 e. The highest BCUT2D eigenvalue weighted by molar-refractivity contribution is 5.85. The first kappa shape index (κ1) is 12.9. The number of anilines is 3. The second-order valence-corrected chi connectivity index (χ2v) is 5.53. The zero-order valence-electron chi connectivity index (χ0n) is 11.9. The predicted octanol–water partition coefficient (Wildman–Crippen LogP) is 0.815. The number of nitrogen functional groups attached to an aromatic ring is 1. The molecule has 0 aliphatic carbocycles. The summed E-state index contributed by atoms with van der Waals surface area (Å²) >= 11 is 0. The molecule has 0 spiro atoms. The van der Waals surface area contributed by atoms with Crippen LogP contribution in [0.3, 0.4) is 0 Å². The summed E-state index contributed by atoms with van der Waals surface area (Å²) in [5.41, 5.74) is 14.5. The molecule has 3 rings (SSSR count). The van der Waals surface area contributed by atoms with Crippen LogP contribution in [-0.4, -0.2) is 43.2 Å². The first-order chi connectivity index (χ1) is 9.54. The molecule has 2 aromatic rings. The molecule has 6 heteroatoms. The number of nitrogens with two attached hydrogens (primary N) is 2. The lowest BCUT2D eigenvalue weighted by atomic mass is 10.2. The molecule has 0 amide bonds. The molecule has 1 atom stereocenters. The zero-order chi connectivity index (χ0) is 14.3. The van der Waals surface area contributed by atoms with Crippen molar-refractivity contribution in [2.24, 2.45) is 5.73 Å². The molecule has 1 aliphatic rings. The van der Waals surface area contributed by atoms with Gasteiger partial charge in [-0.25, -0.2) is 9.97 Å². The third kappa shape index (κ3) is 2.22. The lowest BCUT2D eigenvalue weighted by Crippen LogP contribution is -2.26. The van der Waals surface area contributed by atoms with E-state index in [1.54, 1.807) is 0 Å². The van der Waals surface area contributed by atoms with Crippen LogP contribution in [0.4, 0.5) is 17.2 Å². The lowest BCUT2D eigenvalue weighted by Gasteiger charge is -2.19. The summed E-state index contributed by atoms with van der Waals surface area (Å²) in [6.07, 6.45) is 2.89. The fraction of sp³-hybridized carbons (Fsp3) is 0.429. The number of rotatable bonds is 2. The van der Waals surface area contributed by atoms with Gasteiger partial charge in [0.1, 0.15) is 0 Å². The summed E-state index contributed by atoms with van der Waals surface area (Å²) in [6, 6.07) is 4.28. The van der Waals surface area contributed by atoms with Crippen molar-refractivity contribution < 1.29 is 0 Å². The first-order valence-electron chi connectivity index (χ1n) is 6.78. The van der Waals surface area contributed by atoms with Crippen molar-refractivity contribution in [3.05, 3.63) is 18.3 Å². The third-order valence-corrected chi connectivity index (χ3v) is 3.68. The van der Waals surface area contributed by atoms with Crippen molar-refractivity contribution in [3.8, 4) is 0 Å². The van der Waals surface area contributed by atoms with Gasteiger partial charge in [-0.3, -0.25) is 0 Å². The van der Waals surface area contributed by atoms with E-state index in [0.717, 1.165) is 42.0 Å². The van der Waals surface area contributed by atoms with Gasteiger partial charge in [-0.15, -0.1) is 0 Å². The van der Waals surface area contributed by atoms with E-state index in [-0.39, 0.29) is 6.04 Å². The van der Waals surface area contributed by atoms with Gasteiger partial charge >= 0.3 is 0 Å². The van der Waals surface area contributed by atoms with Crippen LogP contribution in [0.15, 0.2) is 18.3 Å². The number of pyridine rings is 2. The fourth-order valence-corrected chi connectivity index (χ4v) is 2.61. The van der Waals surface area contributed by atoms with Crippen LogP contribution in [0.5, 0.6) is 0 Å². The Morgan fingerprint density at radius 2 is 2.15 bits per heavy atom. The van der Waals surface area contributed by atoms with Gasteiger partial charge in [-0.05, 0) is 18.6 Å². The van der Waals surface area contributed by atoms with E-state index in [1.807, 2.05) is 31.3 Å². The highest BCUT2D eigenvalue weighted by Crippen LogP contribution is 2.27. The molecule has 0 bridgehead atoms. The second kappa shape index (κ2) is 4.79. The normalized spacial score (nSPS) is 18.8. The fourth-order valence-electron chi connectivity index (χ4n) is 2.61. The standard InChI is InChI=1S/C14H20N6/c1-19(2)14-12(16)6-9-5-11(7-17-13(9)18-14)20-4-3-10(15)8-20/h5-7,10H,3-4,8,15-16H2,1-2H3. The number of hydrogen-bond donors (Lipinski definition) is 2. The molecule has 1 aliphatic heterocycles. The van der Waals surface area contributed by atoms with Crippen molar-refractivity contribution in [1.29, 1.82) is 0 Å². The summed E-state index contributed by atoms with van der Waals surface area (Å²) in [4.78, 5) is 13.1. The molecule has 3 heterocycles. The Morgan fingerprint density at radius 1 is 1.35 bits per heavy atom. The Hall–Kier alpha value is -2.08. The minimum absolute atomic E-state index is 0.255. The van der Waals surface area contributed by atoms with E-state index in [0.29, 0.717) is 5.69 Å². The van der Waals surface area contributed by atoms with Crippen molar-refractivity contribution >= 4 is 28.2 Å². The Labute approximate surface area is 118 Å². The second-order valence-electron chi connectivity index (χ2n) is 5.53. The predicted molar refractivity (Wildman–Crippen MR) is 83.1 cm³/mol. The SMILES string of the molecule is CN(C)c1nc2ncc(N3CCC(N)C3)cc2cc1N. The minimum atomic E-state index is 0.255. The molecule has 6 nitrogen and oxygen atoms in total. The van der Waals surface area contributed by atoms with Crippen LogP contribution in [0.25, 0.3) is 11.0 Å². The number of hydrogen-bond acceptors (Lipinski definition) is 6. The smallest absolute Gasteiger partial charge is 0.161 e. The molecule has 0 aromatic carbocycles. The average Bonchev–Trinajstić information content (AvgIpc) is 2.83. The maximum absolute atomic E-state index is 6.05. The summed E-state index contributed by atoms with van der Waals surface area (Å²) in [5.74, 6) is 0.751. The molecule has 1 unspecified atom stereocenters. The Kier molecular flexibility index (Phi) is 3.10. The van der Waals surface area contributed by atoms with E-state index < -0.39 is 0 Å². The average molecular weight is 272 g/mol. The van der Waals surface area contributed by atoms with E-state index in [9.17, 15) is 0 Å². The number of aromatic nitrogens is 2. The van der Waals surface area contributed by atoms with Gasteiger partial charge in [0.2, 0.25) is 0 Å². The van der Waals surface area contributed by atoms with Crippen LogP contribution < -0.4 is 21.3 Å². The lowest BCUT2D eigenvalue weighted by molar-refractivity contribution is 0.752. The van der Waals surface area contributed by atoms with Gasteiger partial charge < -0.3 is 21.3 Å². The molecule has 106 valence electrons. The molecular weight excluding hydrogens is 252 g/mol. The quantitative estimate of drug-likeness (QED) is 0.842. The number of nitrogens with zero attached hydrogens (tertiary/aromatic N) is 4. The van der Waals surface area contributed by atoms with Gasteiger partial charge in [-0.1, -0.05) is 0 Å². The van der Waals surface area contributed by atoms with Gasteiger partial charge in [0.25, 0.3) is 0 Å².